The molecule has 3 atom stereocenters. The number of ether oxygens (including phenoxy) is 3. The summed E-state index contributed by atoms with van der Waals surface area (Å²) in [6.07, 6.45) is 59.5. The highest BCUT2D eigenvalue weighted by Gasteiger charge is 2.28. The number of aliphatic hydroxyl groups is 1. The van der Waals surface area contributed by atoms with Crippen LogP contribution in [0, 0.1) is 0 Å². The molecule has 0 saturated heterocycles. The quantitative estimate of drug-likeness (QED) is 0.0197. The van der Waals surface area contributed by atoms with Crippen molar-refractivity contribution in [1.82, 2.24) is 0 Å². The Morgan fingerprint density at radius 2 is 0.703 bits per heavy atom. The Morgan fingerprint density at radius 1 is 0.392 bits per heavy atom. The minimum absolute atomic E-state index is 0.161. The second-order valence-electron chi connectivity index (χ2n) is 20.9. The van der Waals surface area contributed by atoms with Gasteiger partial charge in [0, 0.05) is 19.3 Å². The van der Waals surface area contributed by atoms with E-state index < -0.39 is 57.8 Å². The summed E-state index contributed by atoms with van der Waals surface area (Å²) in [7, 11) is -4.75. The first-order chi connectivity index (χ1) is 36.2. The molecule has 0 amide bonds. The Labute approximate surface area is 454 Å². The van der Waals surface area contributed by atoms with Crippen molar-refractivity contribution in [3.63, 3.8) is 0 Å². The van der Waals surface area contributed by atoms with Crippen molar-refractivity contribution in [3.05, 3.63) is 36.5 Å². The summed E-state index contributed by atoms with van der Waals surface area (Å²) in [5.74, 6) is -1.45. The van der Waals surface area contributed by atoms with Gasteiger partial charge in [-0.05, 0) is 51.4 Å². The maximum Gasteiger partial charge on any atom is 0.472 e. The Bertz CT molecular complexity index is 1380. The third-order valence-electron chi connectivity index (χ3n) is 13.6. The molecular weight excluding hydrogens is 952 g/mol. The van der Waals surface area contributed by atoms with Crippen LogP contribution in [0.1, 0.15) is 303 Å². The van der Waals surface area contributed by atoms with Crippen molar-refractivity contribution in [2.75, 3.05) is 26.4 Å². The summed E-state index contributed by atoms with van der Waals surface area (Å²) >= 11 is 0. The van der Waals surface area contributed by atoms with E-state index in [0.29, 0.717) is 19.3 Å². The zero-order valence-corrected chi connectivity index (χ0v) is 49.0. The first kappa shape index (κ1) is 71.7. The van der Waals surface area contributed by atoms with Crippen LogP contribution in [0.3, 0.4) is 0 Å². The highest BCUT2D eigenvalue weighted by Crippen LogP contribution is 2.43. The number of carbonyl (C=O) groups is 3. The number of carbonyl (C=O) groups excluding carboxylic acids is 3. The maximum atomic E-state index is 12.9. The number of hydrogen-bond donors (Lipinski definition) is 2. The van der Waals surface area contributed by atoms with E-state index in [1.165, 1.54) is 154 Å². The SMILES string of the molecule is CC/C=C\C/C=C\C/C=C\CCCCCCCCCC(=O)OC(COC(=O)CCCCCCCCCCCCCCCCC)COP(=O)(O)OCC(CO)OC(=O)CCCCCCCCCCCCCCCCC. The van der Waals surface area contributed by atoms with E-state index in [0.717, 1.165) is 89.9 Å². The van der Waals surface area contributed by atoms with Crippen LogP contribution in [-0.2, 0) is 42.2 Å². The fraction of sp³-hybridized carbons (Fsp3) is 0.855. The molecule has 0 bridgehead atoms. The van der Waals surface area contributed by atoms with Gasteiger partial charge in [0.25, 0.3) is 0 Å². The predicted molar refractivity (Wildman–Crippen MR) is 307 cm³/mol. The Hall–Kier alpha value is -2.30. The smallest absolute Gasteiger partial charge is 0.462 e. The number of allylic oxidation sites excluding steroid dienone is 6. The number of phosphoric acid groups is 1. The van der Waals surface area contributed by atoms with Crippen LogP contribution >= 0.6 is 7.82 Å². The summed E-state index contributed by atoms with van der Waals surface area (Å²) in [6.45, 7) is 4.59. The second kappa shape index (κ2) is 56.9. The number of esters is 3. The topological polar surface area (TPSA) is 155 Å². The molecule has 2 N–H and O–H groups in total. The molecule has 0 aromatic rings. The van der Waals surface area contributed by atoms with Gasteiger partial charge in [-0.3, -0.25) is 23.4 Å². The van der Waals surface area contributed by atoms with E-state index in [4.69, 9.17) is 23.3 Å². The van der Waals surface area contributed by atoms with E-state index in [9.17, 15) is 28.9 Å². The van der Waals surface area contributed by atoms with Crippen LogP contribution in [-0.4, -0.2) is 66.5 Å². The van der Waals surface area contributed by atoms with Gasteiger partial charge in [0.2, 0.25) is 0 Å². The minimum Gasteiger partial charge on any atom is -0.462 e. The van der Waals surface area contributed by atoms with Gasteiger partial charge in [-0.2, -0.15) is 0 Å². The van der Waals surface area contributed by atoms with Crippen LogP contribution in [0.4, 0.5) is 0 Å². The van der Waals surface area contributed by atoms with Crippen LogP contribution < -0.4 is 0 Å². The summed E-state index contributed by atoms with van der Waals surface area (Å²) in [4.78, 5) is 48.6. The van der Waals surface area contributed by atoms with E-state index in [2.05, 4.69) is 57.2 Å². The van der Waals surface area contributed by atoms with Gasteiger partial charge in [-0.15, -0.1) is 0 Å². The Morgan fingerprint density at radius 3 is 1.08 bits per heavy atom. The first-order valence-corrected chi connectivity index (χ1v) is 32.4. The molecule has 0 aliphatic rings. The average molecular weight is 1070 g/mol. The van der Waals surface area contributed by atoms with Gasteiger partial charge in [-0.25, -0.2) is 4.57 Å². The number of phosphoric ester groups is 1. The molecule has 434 valence electrons. The predicted octanol–water partition coefficient (Wildman–Crippen LogP) is 18.4. The second-order valence-corrected chi connectivity index (χ2v) is 22.3. The third-order valence-corrected chi connectivity index (χ3v) is 14.5. The fourth-order valence-electron chi connectivity index (χ4n) is 8.90. The molecule has 0 heterocycles. The monoisotopic (exact) mass is 1070 g/mol. The summed E-state index contributed by atoms with van der Waals surface area (Å²) < 4.78 is 39.6. The van der Waals surface area contributed by atoms with Crippen LogP contribution in [0.15, 0.2) is 36.5 Å². The fourth-order valence-corrected chi connectivity index (χ4v) is 9.69. The van der Waals surface area contributed by atoms with Crippen molar-refractivity contribution < 1.29 is 52.2 Å². The lowest BCUT2D eigenvalue weighted by molar-refractivity contribution is -0.161. The van der Waals surface area contributed by atoms with Crippen molar-refractivity contribution in [1.29, 1.82) is 0 Å². The molecule has 12 heteroatoms. The summed E-state index contributed by atoms with van der Waals surface area (Å²) in [6, 6.07) is 0. The largest absolute Gasteiger partial charge is 0.472 e. The summed E-state index contributed by atoms with van der Waals surface area (Å²) in [5.41, 5.74) is 0. The van der Waals surface area contributed by atoms with Gasteiger partial charge in [0.1, 0.15) is 12.7 Å². The lowest BCUT2D eigenvalue weighted by atomic mass is 10.0. The molecule has 74 heavy (non-hydrogen) atoms. The molecule has 3 unspecified atom stereocenters. The Kier molecular flexibility index (Phi) is 55.1. The molecule has 0 saturated carbocycles. The van der Waals surface area contributed by atoms with Crippen LogP contribution in [0.2, 0.25) is 0 Å². The number of unbranched alkanes of at least 4 members (excludes halogenated alkanes) is 35. The molecule has 0 aliphatic carbocycles. The van der Waals surface area contributed by atoms with Gasteiger partial charge in [0.05, 0.1) is 19.8 Å². The third kappa shape index (κ3) is 54.5. The molecule has 0 aromatic heterocycles. The minimum atomic E-state index is -4.75. The normalized spacial score (nSPS) is 13.5. The van der Waals surface area contributed by atoms with Gasteiger partial charge in [0.15, 0.2) is 6.10 Å². The van der Waals surface area contributed by atoms with Crippen molar-refractivity contribution in [2.24, 2.45) is 0 Å². The van der Waals surface area contributed by atoms with E-state index >= 15 is 0 Å². The van der Waals surface area contributed by atoms with Crippen molar-refractivity contribution >= 4 is 25.7 Å². The molecular formula is C62H115O11P. The molecule has 0 rings (SSSR count). The zero-order chi connectivity index (χ0) is 54.1. The highest BCUT2D eigenvalue weighted by atomic mass is 31.2. The molecule has 0 spiro atoms. The van der Waals surface area contributed by atoms with Crippen LogP contribution in [0.5, 0.6) is 0 Å². The first-order valence-electron chi connectivity index (χ1n) is 30.9. The van der Waals surface area contributed by atoms with E-state index in [1.54, 1.807) is 0 Å². The van der Waals surface area contributed by atoms with Crippen LogP contribution in [0.25, 0.3) is 0 Å². The number of aliphatic hydroxyl groups excluding tert-OH is 1. The number of rotatable bonds is 58. The lowest BCUT2D eigenvalue weighted by Crippen LogP contribution is -2.30. The average Bonchev–Trinajstić information content (AvgIpc) is 3.39. The van der Waals surface area contributed by atoms with E-state index in [-0.39, 0.29) is 25.9 Å². The van der Waals surface area contributed by atoms with Crippen molar-refractivity contribution in [3.8, 4) is 0 Å². The molecule has 11 nitrogen and oxygen atoms in total. The van der Waals surface area contributed by atoms with Gasteiger partial charge >= 0.3 is 25.7 Å². The molecule has 0 fully saturated rings. The van der Waals surface area contributed by atoms with Crippen molar-refractivity contribution in [2.45, 2.75) is 315 Å². The maximum absolute atomic E-state index is 12.9. The molecule has 0 aromatic carbocycles. The summed E-state index contributed by atoms with van der Waals surface area (Å²) in [5, 5.41) is 9.83. The number of hydrogen-bond acceptors (Lipinski definition) is 10. The highest BCUT2D eigenvalue weighted by molar-refractivity contribution is 7.47. The molecule has 0 aliphatic heterocycles. The Balaban J connectivity index is 4.68. The van der Waals surface area contributed by atoms with Gasteiger partial charge in [-0.1, -0.05) is 269 Å². The standard InChI is InChI=1S/C62H115O11P/c1-4-7-10-13-16-19-22-25-28-29-32-35-38-41-44-47-50-53-62(66)73-59(55-69-60(64)51-48-45-42-39-36-33-30-26-23-20-17-14-11-8-5-2)57-71-74(67,68)70-56-58(54-63)72-61(65)52-49-46-43-40-37-34-31-27-24-21-18-15-12-9-6-3/h7,10,16,19,25,28,58-59,63H,4-6,8-9,11-15,17-18,20-24,26-27,29-57H2,1-3H3,(H,67,68)/b10-7-,19-16-,28-25-. The lowest BCUT2D eigenvalue weighted by Gasteiger charge is -2.21. The molecule has 0 radical (unpaired) electrons. The van der Waals surface area contributed by atoms with Gasteiger partial charge < -0.3 is 24.2 Å². The zero-order valence-electron chi connectivity index (χ0n) is 48.1. The van der Waals surface area contributed by atoms with E-state index in [1.807, 2.05) is 0 Å².